The monoisotopic (exact) mass is 334 g/mol. The number of nitrogens with one attached hydrogen (secondary N) is 1. The van der Waals surface area contributed by atoms with E-state index >= 15 is 0 Å². The Morgan fingerprint density at radius 3 is 2.73 bits per heavy atom. The van der Waals surface area contributed by atoms with E-state index in [0.717, 1.165) is 4.57 Å². The fourth-order valence-electron chi connectivity index (χ4n) is 2.32. The third-order valence-electron chi connectivity index (χ3n) is 3.29. The van der Waals surface area contributed by atoms with Crippen LogP contribution in [0.3, 0.4) is 0 Å². The third kappa shape index (κ3) is 2.17. The van der Waals surface area contributed by atoms with Gasteiger partial charge in [-0.25, -0.2) is 9.36 Å². The van der Waals surface area contributed by atoms with Crippen molar-refractivity contribution in [2.75, 3.05) is 7.05 Å². The van der Waals surface area contributed by atoms with Crippen LogP contribution in [0.4, 0.5) is 4.79 Å². The maximum absolute atomic E-state index is 12.6. The molecular weight excluding hydrogens is 324 g/mol. The van der Waals surface area contributed by atoms with E-state index < -0.39 is 11.9 Å². The average molecular weight is 335 g/mol. The van der Waals surface area contributed by atoms with Crippen LogP contribution in [-0.2, 0) is 0 Å². The largest absolute Gasteiger partial charge is 0.494 e. The molecule has 0 aliphatic carbocycles. The number of aromatic hydroxyl groups is 1. The second-order valence-corrected chi connectivity index (χ2v) is 5.94. The summed E-state index contributed by atoms with van der Waals surface area (Å²) in [6.45, 7) is 0. The molecule has 1 amide bonds. The van der Waals surface area contributed by atoms with Crippen molar-refractivity contribution in [2.24, 2.45) is 0 Å². The van der Waals surface area contributed by atoms with Crippen molar-refractivity contribution in [1.82, 2.24) is 9.88 Å². The number of thiophene rings is 1. The van der Waals surface area contributed by atoms with Gasteiger partial charge < -0.3 is 10.4 Å². The number of carbonyl (C=O) groups excluding carboxylic acids is 2. The molecule has 0 radical (unpaired) electrons. The van der Waals surface area contributed by atoms with E-state index in [9.17, 15) is 14.7 Å². The highest BCUT2D eigenvalue weighted by molar-refractivity contribution is 7.12. The summed E-state index contributed by atoms with van der Waals surface area (Å²) in [6, 6.07) is 7.65. The number of halogens is 1. The van der Waals surface area contributed by atoms with Gasteiger partial charge in [-0.1, -0.05) is 17.7 Å². The van der Waals surface area contributed by atoms with Gasteiger partial charge in [-0.15, -0.1) is 11.3 Å². The summed E-state index contributed by atoms with van der Waals surface area (Å²) in [4.78, 5) is 25.1. The highest BCUT2D eigenvalue weighted by Crippen LogP contribution is 2.35. The predicted molar refractivity (Wildman–Crippen MR) is 86.2 cm³/mol. The fourth-order valence-corrected chi connectivity index (χ4v) is 3.16. The second-order valence-electron chi connectivity index (χ2n) is 4.56. The maximum Gasteiger partial charge on any atom is 0.328 e. The van der Waals surface area contributed by atoms with Crippen LogP contribution < -0.4 is 5.32 Å². The molecule has 2 heterocycles. The first-order valence-corrected chi connectivity index (χ1v) is 7.63. The number of aromatic nitrogens is 1. The molecule has 0 atom stereocenters. The highest BCUT2D eigenvalue weighted by Gasteiger charge is 2.26. The lowest BCUT2D eigenvalue weighted by atomic mass is 10.1. The number of ketones is 1. The lowest BCUT2D eigenvalue weighted by Gasteiger charge is -2.04. The minimum Gasteiger partial charge on any atom is -0.494 e. The molecule has 0 aliphatic rings. The van der Waals surface area contributed by atoms with Crippen LogP contribution >= 0.6 is 22.9 Å². The fraction of sp³-hybridized carbons (Fsp3) is 0.0667. The average Bonchev–Trinajstić information content (AvgIpc) is 3.11. The zero-order valence-electron chi connectivity index (χ0n) is 11.5. The van der Waals surface area contributed by atoms with Gasteiger partial charge in [0.05, 0.1) is 16.0 Å². The molecule has 0 aliphatic heterocycles. The van der Waals surface area contributed by atoms with Crippen LogP contribution in [0, 0.1) is 0 Å². The van der Waals surface area contributed by atoms with Gasteiger partial charge >= 0.3 is 6.03 Å². The molecule has 0 unspecified atom stereocenters. The number of fused-ring (bicyclic) bond motifs is 1. The van der Waals surface area contributed by atoms with E-state index in [2.05, 4.69) is 5.32 Å². The van der Waals surface area contributed by atoms with E-state index in [1.165, 1.54) is 18.4 Å². The van der Waals surface area contributed by atoms with Crippen molar-refractivity contribution in [3.63, 3.8) is 0 Å². The number of hydrogen-bond acceptors (Lipinski definition) is 4. The van der Waals surface area contributed by atoms with Crippen molar-refractivity contribution in [2.45, 2.75) is 0 Å². The Morgan fingerprint density at radius 1 is 1.32 bits per heavy atom. The van der Waals surface area contributed by atoms with Gasteiger partial charge in [0, 0.05) is 17.5 Å². The standard InChI is InChI=1S/C15H11ClN2O3S/c1-17-15(21)18-10-5-4-8(16)7-9(10)12(14(18)20)13(19)11-3-2-6-22-11/h2-7,20H,1H3,(H,17,21). The zero-order chi connectivity index (χ0) is 15.9. The number of benzene rings is 1. The SMILES string of the molecule is CNC(=O)n1c(O)c(C(=O)c2cccs2)c2cc(Cl)ccc21. The van der Waals surface area contributed by atoms with E-state index in [-0.39, 0.29) is 11.3 Å². The molecule has 3 rings (SSSR count). The van der Waals surface area contributed by atoms with Crippen molar-refractivity contribution < 1.29 is 14.7 Å². The van der Waals surface area contributed by atoms with Gasteiger partial charge in [0.1, 0.15) is 0 Å². The van der Waals surface area contributed by atoms with Gasteiger partial charge in [0.2, 0.25) is 11.7 Å². The minimum atomic E-state index is -0.532. The second kappa shape index (κ2) is 5.47. The summed E-state index contributed by atoms with van der Waals surface area (Å²) >= 11 is 7.26. The first kappa shape index (κ1) is 14.6. The molecule has 7 heteroatoms. The number of carbonyl (C=O) groups is 2. The number of amides is 1. The third-order valence-corrected chi connectivity index (χ3v) is 4.40. The molecule has 0 bridgehead atoms. The summed E-state index contributed by atoms with van der Waals surface area (Å²) < 4.78 is 1.06. The summed E-state index contributed by atoms with van der Waals surface area (Å²) in [6.07, 6.45) is 0. The Morgan fingerprint density at radius 2 is 2.09 bits per heavy atom. The van der Waals surface area contributed by atoms with Crippen LogP contribution in [0.1, 0.15) is 15.2 Å². The van der Waals surface area contributed by atoms with E-state index in [0.29, 0.717) is 20.8 Å². The van der Waals surface area contributed by atoms with Crippen molar-refractivity contribution >= 4 is 45.7 Å². The lowest BCUT2D eigenvalue weighted by molar-refractivity contribution is 0.104. The molecule has 3 aromatic rings. The molecule has 0 saturated heterocycles. The number of nitrogens with zero attached hydrogens (tertiary/aromatic N) is 1. The quantitative estimate of drug-likeness (QED) is 0.705. The summed E-state index contributed by atoms with van der Waals surface area (Å²) in [5, 5.41) is 15.5. The van der Waals surface area contributed by atoms with Gasteiger partial charge in [-0.3, -0.25) is 4.79 Å². The first-order valence-electron chi connectivity index (χ1n) is 6.37. The van der Waals surface area contributed by atoms with Crippen LogP contribution in [0.15, 0.2) is 35.7 Å². The summed E-state index contributed by atoms with van der Waals surface area (Å²) in [5.74, 6) is -0.738. The van der Waals surface area contributed by atoms with Gasteiger partial charge in [0.15, 0.2) is 0 Å². The molecule has 0 saturated carbocycles. The predicted octanol–water partition coefficient (Wildman–Crippen LogP) is 3.48. The molecule has 0 fully saturated rings. The molecule has 2 aromatic heterocycles. The maximum atomic E-state index is 12.6. The van der Waals surface area contributed by atoms with Gasteiger partial charge in [0.25, 0.3) is 0 Å². The van der Waals surface area contributed by atoms with Crippen molar-refractivity contribution in [3.05, 3.63) is 51.2 Å². The van der Waals surface area contributed by atoms with Crippen LogP contribution in [-0.4, -0.2) is 28.5 Å². The minimum absolute atomic E-state index is 0.0727. The van der Waals surface area contributed by atoms with E-state index in [1.807, 2.05) is 0 Å². The van der Waals surface area contributed by atoms with Crippen molar-refractivity contribution in [3.8, 4) is 5.88 Å². The number of hydrogen-bond donors (Lipinski definition) is 2. The smallest absolute Gasteiger partial charge is 0.328 e. The Bertz CT molecular complexity index is 884. The molecule has 22 heavy (non-hydrogen) atoms. The summed E-state index contributed by atoms with van der Waals surface area (Å²) in [5.41, 5.74) is 0.490. The van der Waals surface area contributed by atoms with Crippen molar-refractivity contribution in [1.29, 1.82) is 0 Å². The molecule has 5 nitrogen and oxygen atoms in total. The molecule has 1 aromatic carbocycles. The zero-order valence-corrected chi connectivity index (χ0v) is 13.0. The summed E-state index contributed by atoms with van der Waals surface area (Å²) in [7, 11) is 1.45. The Hall–Kier alpha value is -2.31. The first-order chi connectivity index (χ1) is 10.5. The lowest BCUT2D eigenvalue weighted by Crippen LogP contribution is -2.24. The highest BCUT2D eigenvalue weighted by atomic mass is 35.5. The molecule has 2 N–H and O–H groups in total. The number of rotatable bonds is 2. The van der Waals surface area contributed by atoms with Crippen LogP contribution in [0.25, 0.3) is 10.9 Å². The molecule has 0 spiro atoms. The Kier molecular flexibility index (Phi) is 3.64. The van der Waals surface area contributed by atoms with E-state index in [1.54, 1.807) is 35.7 Å². The molecule has 112 valence electrons. The normalized spacial score (nSPS) is 10.8. The topological polar surface area (TPSA) is 71.3 Å². The Balaban J connectivity index is 2.34. The van der Waals surface area contributed by atoms with Gasteiger partial charge in [-0.2, -0.15) is 0 Å². The van der Waals surface area contributed by atoms with Crippen LogP contribution in [0.2, 0.25) is 5.02 Å². The van der Waals surface area contributed by atoms with Gasteiger partial charge in [-0.05, 0) is 29.6 Å². The van der Waals surface area contributed by atoms with E-state index in [4.69, 9.17) is 11.6 Å². The van der Waals surface area contributed by atoms with Crippen LogP contribution in [0.5, 0.6) is 5.88 Å². The Labute approximate surface area is 134 Å². The molecular formula is C15H11ClN2O3S.